The number of carbonyl (C=O) groups is 3. The van der Waals surface area contributed by atoms with Crippen molar-refractivity contribution in [2.45, 2.75) is 44.5 Å². The summed E-state index contributed by atoms with van der Waals surface area (Å²) < 4.78 is 5.81. The van der Waals surface area contributed by atoms with Gasteiger partial charge in [0, 0.05) is 37.8 Å². The van der Waals surface area contributed by atoms with Crippen molar-refractivity contribution in [3.8, 4) is 6.01 Å². The Morgan fingerprint density at radius 1 is 1.19 bits per heavy atom. The minimum atomic E-state index is -0.625. The second-order valence-electron chi connectivity index (χ2n) is 8.16. The summed E-state index contributed by atoms with van der Waals surface area (Å²) in [4.78, 5) is 47.1. The summed E-state index contributed by atoms with van der Waals surface area (Å²) in [7, 11) is 0. The molecular weight excluding hydrogens is 412 g/mol. The molecule has 2 aromatic rings. The smallest absolute Gasteiger partial charge is 0.318 e. The fourth-order valence-electron chi connectivity index (χ4n) is 4.40. The van der Waals surface area contributed by atoms with Gasteiger partial charge in [0.05, 0.1) is 0 Å². The van der Waals surface area contributed by atoms with E-state index in [-0.39, 0.29) is 24.3 Å². The third-order valence-electron chi connectivity index (χ3n) is 6.02. The number of nitrogens with zero attached hydrogens (tertiary/aromatic N) is 3. The number of hydrogen-bond acceptors (Lipinski definition) is 8. The molecule has 1 aromatic heterocycles. The monoisotopic (exact) mass is 436 g/mol. The number of rotatable bonds is 6. The van der Waals surface area contributed by atoms with Crippen molar-refractivity contribution in [1.29, 1.82) is 0 Å². The fraction of sp³-hybridized carbons (Fsp3) is 0.409. The van der Waals surface area contributed by atoms with Gasteiger partial charge in [-0.2, -0.15) is 4.98 Å². The highest BCUT2D eigenvalue weighted by molar-refractivity contribution is 6.06. The van der Waals surface area contributed by atoms with E-state index in [1.54, 1.807) is 17.2 Å². The molecule has 166 valence electrons. The maximum Gasteiger partial charge on any atom is 0.318 e. The highest BCUT2D eigenvalue weighted by Crippen LogP contribution is 2.30. The van der Waals surface area contributed by atoms with E-state index in [0.29, 0.717) is 36.9 Å². The average molecular weight is 436 g/mol. The van der Waals surface area contributed by atoms with Crippen molar-refractivity contribution >= 4 is 23.5 Å². The normalized spacial score (nSPS) is 22.6. The van der Waals surface area contributed by atoms with E-state index in [1.165, 1.54) is 0 Å². The molecule has 2 unspecified atom stereocenters. The molecule has 4 heterocycles. The molecule has 0 aliphatic carbocycles. The zero-order chi connectivity index (χ0) is 22.1. The molecule has 5 rings (SSSR count). The van der Waals surface area contributed by atoms with Crippen LogP contribution in [0.3, 0.4) is 0 Å². The van der Waals surface area contributed by atoms with Gasteiger partial charge in [-0.05, 0) is 36.6 Å². The number of ether oxygens (including phenoxy) is 1. The number of aromatic nitrogens is 2. The van der Waals surface area contributed by atoms with Crippen LogP contribution in [0.4, 0.5) is 5.82 Å². The van der Waals surface area contributed by atoms with E-state index < -0.39 is 11.9 Å². The second-order valence-corrected chi connectivity index (χ2v) is 8.16. The summed E-state index contributed by atoms with van der Waals surface area (Å²) in [6.07, 6.45) is 3.21. The molecule has 3 aliphatic heterocycles. The molecule has 32 heavy (non-hydrogen) atoms. The number of anilines is 1. The molecule has 2 saturated heterocycles. The number of nitrogens with one attached hydrogen (secondary N) is 3. The van der Waals surface area contributed by atoms with Crippen LogP contribution >= 0.6 is 0 Å². The Balaban J connectivity index is 1.28. The Morgan fingerprint density at radius 2 is 2.09 bits per heavy atom. The first-order valence-electron chi connectivity index (χ1n) is 10.8. The summed E-state index contributed by atoms with van der Waals surface area (Å²) in [5.74, 6) is -0.288. The quantitative estimate of drug-likeness (QED) is 0.562. The van der Waals surface area contributed by atoms with Gasteiger partial charge < -0.3 is 20.3 Å². The predicted octanol–water partition coefficient (Wildman–Crippen LogP) is 0.590. The predicted molar refractivity (Wildman–Crippen MR) is 114 cm³/mol. The topological polar surface area (TPSA) is 126 Å². The Hall–Kier alpha value is -3.53. The fourth-order valence-corrected chi connectivity index (χ4v) is 4.40. The molecule has 3 N–H and O–H groups in total. The van der Waals surface area contributed by atoms with Crippen LogP contribution in [0.15, 0.2) is 30.5 Å². The zero-order valence-corrected chi connectivity index (χ0v) is 17.5. The Morgan fingerprint density at radius 3 is 2.91 bits per heavy atom. The lowest BCUT2D eigenvalue weighted by atomic mass is 10.0. The summed E-state index contributed by atoms with van der Waals surface area (Å²) in [5, 5.41) is 8.82. The molecule has 10 nitrogen and oxygen atoms in total. The first-order valence-corrected chi connectivity index (χ1v) is 10.8. The largest absolute Gasteiger partial charge is 0.459 e. The molecule has 0 spiro atoms. The molecule has 0 bridgehead atoms. The first-order chi connectivity index (χ1) is 15.6. The lowest BCUT2D eigenvalue weighted by Gasteiger charge is -2.29. The van der Waals surface area contributed by atoms with E-state index >= 15 is 0 Å². The van der Waals surface area contributed by atoms with Gasteiger partial charge in [0.1, 0.15) is 18.0 Å². The summed E-state index contributed by atoms with van der Waals surface area (Å²) in [6, 6.07) is 7.14. The molecule has 10 heteroatoms. The highest BCUT2D eigenvalue weighted by atomic mass is 16.5. The van der Waals surface area contributed by atoms with E-state index in [0.717, 1.165) is 30.6 Å². The second kappa shape index (κ2) is 8.54. The number of fused-ring (bicyclic) bond motifs is 1. The number of hydrogen-bond donors (Lipinski definition) is 3. The van der Waals surface area contributed by atoms with Gasteiger partial charge in [-0.1, -0.05) is 18.2 Å². The molecule has 2 atom stereocenters. The maximum absolute atomic E-state index is 13.2. The Bertz CT molecular complexity index is 1070. The van der Waals surface area contributed by atoms with Crippen molar-refractivity contribution < 1.29 is 19.1 Å². The average Bonchev–Trinajstić information content (AvgIpc) is 3.41. The van der Waals surface area contributed by atoms with E-state index in [9.17, 15) is 14.4 Å². The highest BCUT2D eigenvalue weighted by Gasteiger charge is 2.39. The molecule has 2 fully saturated rings. The van der Waals surface area contributed by atoms with Crippen LogP contribution in [0.25, 0.3) is 0 Å². The number of piperidine rings is 1. The van der Waals surface area contributed by atoms with Gasteiger partial charge in [0.15, 0.2) is 0 Å². The number of carbonyl (C=O) groups excluding carboxylic acids is 3. The Labute approximate surface area is 184 Å². The van der Waals surface area contributed by atoms with Crippen molar-refractivity contribution in [3.05, 3.63) is 47.2 Å². The lowest BCUT2D eigenvalue weighted by molar-refractivity contribution is -0.136. The SMILES string of the molecule is O=C1CCC(N2Cc3cccc(CNc4ccnc(OC5CCNC5)n4)c3C2=O)C(=O)N1. The summed E-state index contributed by atoms with van der Waals surface area (Å²) in [6.45, 7) is 2.45. The van der Waals surface area contributed by atoms with Crippen LogP contribution in [0, 0.1) is 0 Å². The van der Waals surface area contributed by atoms with Crippen LogP contribution in [0.1, 0.15) is 40.7 Å². The van der Waals surface area contributed by atoms with Crippen LogP contribution in [0.5, 0.6) is 6.01 Å². The maximum atomic E-state index is 13.2. The molecule has 0 saturated carbocycles. The number of imide groups is 1. The minimum Gasteiger partial charge on any atom is -0.459 e. The van der Waals surface area contributed by atoms with Gasteiger partial charge in [-0.3, -0.25) is 19.7 Å². The van der Waals surface area contributed by atoms with Crippen LogP contribution in [0.2, 0.25) is 0 Å². The molecule has 3 aliphatic rings. The van der Waals surface area contributed by atoms with Crippen molar-refractivity contribution in [3.63, 3.8) is 0 Å². The molecular formula is C22H24N6O4. The van der Waals surface area contributed by atoms with E-state index in [4.69, 9.17) is 4.74 Å². The molecule has 0 radical (unpaired) electrons. The van der Waals surface area contributed by atoms with Crippen molar-refractivity contribution in [2.24, 2.45) is 0 Å². The van der Waals surface area contributed by atoms with Gasteiger partial charge in [0.25, 0.3) is 5.91 Å². The van der Waals surface area contributed by atoms with Gasteiger partial charge >= 0.3 is 6.01 Å². The minimum absolute atomic E-state index is 0.0681. The van der Waals surface area contributed by atoms with Gasteiger partial charge in [-0.25, -0.2) is 4.98 Å². The van der Waals surface area contributed by atoms with Gasteiger partial charge in [0.2, 0.25) is 11.8 Å². The lowest BCUT2D eigenvalue weighted by Crippen LogP contribution is -2.52. The van der Waals surface area contributed by atoms with Crippen molar-refractivity contribution in [2.75, 3.05) is 18.4 Å². The van der Waals surface area contributed by atoms with Crippen molar-refractivity contribution in [1.82, 2.24) is 25.5 Å². The third kappa shape index (κ3) is 4.01. The zero-order valence-electron chi connectivity index (χ0n) is 17.5. The number of benzene rings is 1. The van der Waals surface area contributed by atoms with E-state index in [1.807, 2.05) is 18.2 Å². The van der Waals surface area contributed by atoms with Crippen LogP contribution in [-0.4, -0.2) is 57.8 Å². The molecule has 1 aromatic carbocycles. The van der Waals surface area contributed by atoms with E-state index in [2.05, 4.69) is 25.9 Å². The standard InChI is InChI=1S/C22H24N6O4/c29-18-5-4-16(20(30)27-18)28-12-14-3-1-2-13(19(14)21(28)31)10-25-17-7-9-24-22(26-17)32-15-6-8-23-11-15/h1-3,7,9,15-16,23H,4-6,8,10-12H2,(H,24,25,26)(H,27,29,30). The molecule has 3 amide bonds. The Kier molecular flexibility index (Phi) is 5.44. The summed E-state index contributed by atoms with van der Waals surface area (Å²) >= 11 is 0. The van der Waals surface area contributed by atoms with Gasteiger partial charge in [-0.15, -0.1) is 0 Å². The van der Waals surface area contributed by atoms with Crippen LogP contribution < -0.4 is 20.7 Å². The van der Waals surface area contributed by atoms with Crippen LogP contribution in [-0.2, 0) is 22.7 Å². The summed E-state index contributed by atoms with van der Waals surface area (Å²) in [5.41, 5.74) is 2.30. The number of amides is 3. The first kappa shape index (κ1) is 20.4. The third-order valence-corrected chi connectivity index (χ3v) is 6.02.